The second-order valence-electron chi connectivity index (χ2n) is 6.00. The van der Waals surface area contributed by atoms with Gasteiger partial charge in [-0.05, 0) is 42.0 Å². The molecule has 0 bridgehead atoms. The summed E-state index contributed by atoms with van der Waals surface area (Å²) in [7, 11) is -2.15. The highest BCUT2D eigenvalue weighted by Gasteiger charge is 2.21. The Labute approximate surface area is 159 Å². The molecule has 0 aliphatic heterocycles. The zero-order valence-electron chi connectivity index (χ0n) is 14.9. The van der Waals surface area contributed by atoms with Crippen LogP contribution >= 0.6 is 0 Å². The standard InChI is InChI=1S/C21H20N2O3S/c1-23(27(25,26)20-10-6-3-7-11-20)19-14-12-18(13-15-19)21(24)22-16-17-8-4-2-5-9-17/h2-15H,16H2,1H3,(H,22,24). The molecule has 0 aromatic heterocycles. The predicted octanol–water partition coefficient (Wildman–Crippen LogP) is 3.44. The Morgan fingerprint density at radius 3 is 2.00 bits per heavy atom. The molecule has 0 aliphatic rings. The number of rotatable bonds is 6. The van der Waals surface area contributed by atoms with Crippen LogP contribution < -0.4 is 9.62 Å². The first-order valence-electron chi connectivity index (χ1n) is 8.44. The van der Waals surface area contributed by atoms with E-state index in [0.717, 1.165) is 5.56 Å². The molecule has 0 atom stereocenters. The lowest BCUT2D eigenvalue weighted by atomic mass is 10.2. The van der Waals surface area contributed by atoms with E-state index in [2.05, 4.69) is 5.32 Å². The molecule has 0 spiro atoms. The number of amides is 1. The van der Waals surface area contributed by atoms with Gasteiger partial charge in [0.05, 0.1) is 10.6 Å². The van der Waals surface area contributed by atoms with Gasteiger partial charge in [0.1, 0.15) is 0 Å². The van der Waals surface area contributed by atoms with Crippen LogP contribution in [0.2, 0.25) is 0 Å². The summed E-state index contributed by atoms with van der Waals surface area (Å²) in [5.74, 6) is -0.209. The van der Waals surface area contributed by atoms with Crippen LogP contribution in [-0.2, 0) is 16.6 Å². The SMILES string of the molecule is CN(c1ccc(C(=O)NCc2ccccc2)cc1)S(=O)(=O)c1ccccc1. The van der Waals surface area contributed by atoms with Crippen LogP contribution in [0.5, 0.6) is 0 Å². The molecule has 5 nitrogen and oxygen atoms in total. The molecule has 27 heavy (non-hydrogen) atoms. The summed E-state index contributed by atoms with van der Waals surface area (Å²) in [4.78, 5) is 12.5. The van der Waals surface area contributed by atoms with E-state index in [0.29, 0.717) is 17.8 Å². The largest absolute Gasteiger partial charge is 0.348 e. The zero-order chi connectivity index (χ0) is 19.3. The molecule has 1 amide bonds. The van der Waals surface area contributed by atoms with Crippen LogP contribution in [0, 0.1) is 0 Å². The number of nitrogens with zero attached hydrogens (tertiary/aromatic N) is 1. The average Bonchev–Trinajstić information content (AvgIpc) is 2.73. The Morgan fingerprint density at radius 1 is 0.852 bits per heavy atom. The van der Waals surface area contributed by atoms with E-state index in [9.17, 15) is 13.2 Å². The molecule has 0 saturated heterocycles. The third kappa shape index (κ3) is 4.35. The lowest BCUT2D eigenvalue weighted by Gasteiger charge is -2.19. The Hall–Kier alpha value is -3.12. The summed E-state index contributed by atoms with van der Waals surface area (Å²) < 4.78 is 26.5. The van der Waals surface area contributed by atoms with Crippen molar-refractivity contribution in [2.75, 3.05) is 11.4 Å². The van der Waals surface area contributed by atoms with Crippen LogP contribution in [0.25, 0.3) is 0 Å². The average molecular weight is 380 g/mol. The van der Waals surface area contributed by atoms with Crippen molar-refractivity contribution >= 4 is 21.6 Å². The van der Waals surface area contributed by atoms with Crippen LogP contribution in [0.4, 0.5) is 5.69 Å². The van der Waals surface area contributed by atoms with Crippen LogP contribution in [0.3, 0.4) is 0 Å². The Bertz CT molecular complexity index is 1000. The highest BCUT2D eigenvalue weighted by Crippen LogP contribution is 2.22. The van der Waals surface area contributed by atoms with E-state index in [1.807, 2.05) is 30.3 Å². The Morgan fingerprint density at radius 2 is 1.41 bits per heavy atom. The smallest absolute Gasteiger partial charge is 0.264 e. The maximum atomic E-state index is 12.7. The van der Waals surface area contributed by atoms with E-state index in [1.165, 1.54) is 11.4 Å². The lowest BCUT2D eigenvalue weighted by Crippen LogP contribution is -2.27. The van der Waals surface area contributed by atoms with Crippen molar-refractivity contribution in [2.45, 2.75) is 11.4 Å². The second kappa shape index (κ2) is 8.05. The zero-order valence-corrected chi connectivity index (χ0v) is 15.7. The van der Waals surface area contributed by atoms with Gasteiger partial charge in [-0.15, -0.1) is 0 Å². The number of nitrogens with one attached hydrogen (secondary N) is 1. The number of benzene rings is 3. The van der Waals surface area contributed by atoms with E-state index in [4.69, 9.17) is 0 Å². The first-order valence-corrected chi connectivity index (χ1v) is 9.88. The Kier molecular flexibility index (Phi) is 5.57. The van der Waals surface area contributed by atoms with E-state index >= 15 is 0 Å². The molecule has 0 saturated carbocycles. The fourth-order valence-electron chi connectivity index (χ4n) is 2.59. The van der Waals surface area contributed by atoms with Crippen molar-refractivity contribution in [1.82, 2.24) is 5.32 Å². The third-order valence-corrected chi connectivity index (χ3v) is 5.99. The molecule has 0 heterocycles. The van der Waals surface area contributed by atoms with Crippen LogP contribution in [0.1, 0.15) is 15.9 Å². The molecule has 0 aliphatic carbocycles. The number of hydrogen-bond acceptors (Lipinski definition) is 3. The Balaban J connectivity index is 1.70. The molecule has 138 valence electrons. The number of anilines is 1. The quantitative estimate of drug-likeness (QED) is 0.712. The molecule has 3 aromatic rings. The molecule has 0 radical (unpaired) electrons. The molecular formula is C21H20N2O3S. The number of hydrogen-bond donors (Lipinski definition) is 1. The van der Waals surface area contributed by atoms with Gasteiger partial charge in [0.25, 0.3) is 15.9 Å². The monoisotopic (exact) mass is 380 g/mol. The number of carbonyl (C=O) groups excluding carboxylic acids is 1. The molecule has 1 N–H and O–H groups in total. The van der Waals surface area contributed by atoms with Gasteiger partial charge < -0.3 is 5.32 Å². The van der Waals surface area contributed by atoms with Gasteiger partial charge in [0, 0.05) is 19.2 Å². The van der Waals surface area contributed by atoms with Crippen LogP contribution in [0.15, 0.2) is 89.8 Å². The van der Waals surface area contributed by atoms with E-state index in [-0.39, 0.29) is 10.8 Å². The number of sulfonamides is 1. The van der Waals surface area contributed by atoms with Crippen molar-refractivity contribution in [3.63, 3.8) is 0 Å². The topological polar surface area (TPSA) is 66.5 Å². The van der Waals surface area contributed by atoms with Crippen molar-refractivity contribution < 1.29 is 13.2 Å². The lowest BCUT2D eigenvalue weighted by molar-refractivity contribution is 0.0951. The highest BCUT2D eigenvalue weighted by molar-refractivity contribution is 7.92. The van der Waals surface area contributed by atoms with E-state index in [1.54, 1.807) is 54.6 Å². The summed E-state index contributed by atoms with van der Waals surface area (Å²) in [5.41, 5.74) is 1.97. The summed E-state index contributed by atoms with van der Waals surface area (Å²) in [5, 5.41) is 2.85. The molecule has 3 rings (SSSR count). The van der Waals surface area contributed by atoms with Crippen molar-refractivity contribution in [3.8, 4) is 0 Å². The minimum absolute atomic E-state index is 0.209. The van der Waals surface area contributed by atoms with E-state index < -0.39 is 10.0 Å². The molecule has 3 aromatic carbocycles. The highest BCUT2D eigenvalue weighted by atomic mass is 32.2. The van der Waals surface area contributed by atoms with Gasteiger partial charge >= 0.3 is 0 Å². The molecule has 6 heteroatoms. The summed E-state index contributed by atoms with van der Waals surface area (Å²) in [6, 6.07) is 24.3. The van der Waals surface area contributed by atoms with Gasteiger partial charge in [0.15, 0.2) is 0 Å². The van der Waals surface area contributed by atoms with Gasteiger partial charge in [-0.2, -0.15) is 0 Å². The predicted molar refractivity (Wildman–Crippen MR) is 106 cm³/mol. The fourth-order valence-corrected chi connectivity index (χ4v) is 3.81. The summed E-state index contributed by atoms with van der Waals surface area (Å²) >= 11 is 0. The minimum atomic E-state index is -3.64. The summed E-state index contributed by atoms with van der Waals surface area (Å²) in [6.45, 7) is 0.434. The first-order chi connectivity index (χ1) is 13.0. The normalized spacial score (nSPS) is 11.0. The van der Waals surface area contributed by atoms with Gasteiger partial charge in [0.2, 0.25) is 0 Å². The second-order valence-corrected chi connectivity index (χ2v) is 7.97. The molecular weight excluding hydrogens is 360 g/mol. The molecule has 0 unspecified atom stereocenters. The number of carbonyl (C=O) groups is 1. The van der Waals surface area contributed by atoms with Crippen molar-refractivity contribution in [2.24, 2.45) is 0 Å². The first kappa shape index (κ1) is 18.7. The minimum Gasteiger partial charge on any atom is -0.348 e. The van der Waals surface area contributed by atoms with Crippen molar-refractivity contribution in [1.29, 1.82) is 0 Å². The summed E-state index contributed by atoms with van der Waals surface area (Å²) in [6.07, 6.45) is 0. The van der Waals surface area contributed by atoms with Crippen molar-refractivity contribution in [3.05, 3.63) is 96.1 Å². The van der Waals surface area contributed by atoms with Gasteiger partial charge in [-0.1, -0.05) is 48.5 Å². The third-order valence-electron chi connectivity index (χ3n) is 4.19. The molecule has 0 fully saturated rings. The maximum Gasteiger partial charge on any atom is 0.264 e. The fraction of sp³-hybridized carbons (Fsp3) is 0.0952. The maximum absolute atomic E-state index is 12.7. The van der Waals surface area contributed by atoms with Gasteiger partial charge in [-0.25, -0.2) is 8.42 Å². The van der Waals surface area contributed by atoms with Gasteiger partial charge in [-0.3, -0.25) is 9.10 Å². The van der Waals surface area contributed by atoms with Crippen LogP contribution in [-0.4, -0.2) is 21.4 Å².